The first-order valence-electron chi connectivity index (χ1n) is 15.1. The Morgan fingerprint density at radius 3 is 2.60 bits per heavy atom. The molecule has 0 radical (unpaired) electrons. The molecule has 12 heteroatoms. The zero-order chi connectivity index (χ0) is 32.7. The van der Waals surface area contributed by atoms with Crippen LogP contribution >= 0.6 is 0 Å². The second kappa shape index (κ2) is 12.4. The number of carboxylic acid groups (broad SMARTS) is 1. The van der Waals surface area contributed by atoms with Gasteiger partial charge < -0.3 is 23.9 Å². The summed E-state index contributed by atoms with van der Waals surface area (Å²) in [6, 6.07) is 17.6. The van der Waals surface area contributed by atoms with Crippen LogP contribution in [0.3, 0.4) is 0 Å². The summed E-state index contributed by atoms with van der Waals surface area (Å²) >= 11 is 0. The number of nitrogens with zero attached hydrogens (tertiary/aromatic N) is 4. The lowest BCUT2D eigenvalue weighted by molar-refractivity contribution is -0.0589. The maximum absolute atomic E-state index is 15.6. The number of ether oxygens (including phenoxy) is 3. The number of imidazole rings is 1. The number of methoxy groups -OCH3 is 1. The third-order valence-corrected chi connectivity index (χ3v) is 8.55. The zero-order valence-electron chi connectivity index (χ0n) is 25.4. The number of fused-ring (bicyclic) bond motifs is 2. The number of pyridine rings is 1. The first-order chi connectivity index (χ1) is 22.7. The first kappa shape index (κ1) is 30.3. The van der Waals surface area contributed by atoms with E-state index in [1.54, 1.807) is 29.2 Å². The number of benzene rings is 3. The summed E-state index contributed by atoms with van der Waals surface area (Å²) in [7, 11) is 1.35. The van der Waals surface area contributed by atoms with Crippen LogP contribution in [0.5, 0.6) is 5.88 Å². The second-order valence-electron chi connectivity index (χ2n) is 11.6. The molecule has 47 heavy (non-hydrogen) atoms. The van der Waals surface area contributed by atoms with Crippen LogP contribution in [-0.4, -0.2) is 56.4 Å². The predicted molar refractivity (Wildman–Crippen MR) is 166 cm³/mol. The summed E-state index contributed by atoms with van der Waals surface area (Å²) in [4.78, 5) is 34.2. The quantitative estimate of drug-likeness (QED) is 0.205. The van der Waals surface area contributed by atoms with E-state index in [4.69, 9.17) is 14.2 Å². The number of rotatable bonds is 9. The SMILES string of the molecule is COC(=O)N1Cc2ccc(COc3cccc(-c4cc(F)c(Cc5nc6ccc(C(=O)O)cc6n5C[C@@H]5CCO5)cc4F)n3)cc2C1. The van der Waals surface area contributed by atoms with Crippen molar-refractivity contribution in [1.29, 1.82) is 0 Å². The molecule has 1 saturated heterocycles. The van der Waals surface area contributed by atoms with Gasteiger partial charge in [-0.05, 0) is 65.1 Å². The standard InChI is InChI=1S/C35H30F2N4O6/c1-45-35(44)40-16-22-6-5-20(11-24(22)17-40)19-47-33-4-2-3-29(39-33)26-15-27(36)23(12-28(26)37)14-32-38-30-8-7-21(34(42)43)13-31(30)41(32)18-25-9-10-46-25/h2-8,11-13,15,25H,9-10,14,16-19H2,1H3,(H,42,43)/t25-/m0/s1. The third kappa shape index (κ3) is 6.11. The van der Waals surface area contributed by atoms with Crippen molar-refractivity contribution < 1.29 is 37.7 Å². The van der Waals surface area contributed by atoms with Gasteiger partial charge in [-0.2, -0.15) is 0 Å². The Bertz CT molecular complexity index is 2030. The molecule has 2 aliphatic heterocycles. The minimum absolute atomic E-state index is 0.0123. The minimum atomic E-state index is -1.07. The summed E-state index contributed by atoms with van der Waals surface area (Å²) in [6.45, 7) is 2.18. The van der Waals surface area contributed by atoms with E-state index in [9.17, 15) is 14.7 Å². The molecular weight excluding hydrogens is 610 g/mol. The van der Waals surface area contributed by atoms with Crippen molar-refractivity contribution in [1.82, 2.24) is 19.4 Å². The molecule has 0 bridgehead atoms. The van der Waals surface area contributed by atoms with Crippen LogP contribution in [0.2, 0.25) is 0 Å². The molecule has 3 aromatic carbocycles. The normalized spacial score (nSPS) is 15.4. The maximum Gasteiger partial charge on any atom is 0.410 e. The van der Waals surface area contributed by atoms with Crippen molar-refractivity contribution in [2.45, 2.75) is 45.2 Å². The third-order valence-electron chi connectivity index (χ3n) is 8.55. The van der Waals surface area contributed by atoms with Crippen molar-refractivity contribution in [3.05, 3.63) is 112 Å². The molecule has 2 aromatic heterocycles. The fourth-order valence-electron chi connectivity index (χ4n) is 5.96. The van der Waals surface area contributed by atoms with Gasteiger partial charge in [-0.25, -0.2) is 28.3 Å². The lowest BCUT2D eigenvalue weighted by Gasteiger charge is -2.27. The van der Waals surface area contributed by atoms with Gasteiger partial charge >= 0.3 is 12.1 Å². The van der Waals surface area contributed by atoms with Gasteiger partial charge in [0.05, 0.1) is 42.0 Å². The summed E-state index contributed by atoms with van der Waals surface area (Å²) in [5.41, 5.74) is 4.49. The van der Waals surface area contributed by atoms with Crippen molar-refractivity contribution >= 4 is 23.1 Å². The van der Waals surface area contributed by atoms with Gasteiger partial charge in [0, 0.05) is 37.7 Å². The first-order valence-corrected chi connectivity index (χ1v) is 15.1. The van der Waals surface area contributed by atoms with Gasteiger partial charge in [-0.1, -0.05) is 24.3 Å². The second-order valence-corrected chi connectivity index (χ2v) is 11.6. The smallest absolute Gasteiger partial charge is 0.410 e. The van der Waals surface area contributed by atoms with Crippen LogP contribution in [0.25, 0.3) is 22.3 Å². The van der Waals surface area contributed by atoms with E-state index in [0.29, 0.717) is 43.1 Å². The van der Waals surface area contributed by atoms with Crippen LogP contribution < -0.4 is 4.74 Å². The molecular formula is C35H30F2N4O6. The van der Waals surface area contributed by atoms with Crippen molar-refractivity contribution in [3.8, 4) is 17.1 Å². The lowest BCUT2D eigenvalue weighted by Crippen LogP contribution is -2.31. The zero-order valence-corrected chi connectivity index (χ0v) is 25.4. The van der Waals surface area contributed by atoms with Crippen molar-refractivity contribution in [3.63, 3.8) is 0 Å². The maximum atomic E-state index is 15.6. The number of aromatic nitrogens is 3. The Kier molecular flexibility index (Phi) is 8.02. The van der Waals surface area contributed by atoms with E-state index >= 15 is 8.78 Å². The fourth-order valence-corrected chi connectivity index (χ4v) is 5.96. The highest BCUT2D eigenvalue weighted by molar-refractivity contribution is 5.92. The molecule has 0 aliphatic carbocycles. The van der Waals surface area contributed by atoms with E-state index < -0.39 is 17.6 Å². The molecule has 2 aliphatic rings. The van der Waals surface area contributed by atoms with Crippen LogP contribution in [0.4, 0.5) is 13.6 Å². The number of halogens is 2. The predicted octanol–water partition coefficient (Wildman–Crippen LogP) is 6.12. The fraction of sp³-hybridized carbons (Fsp3) is 0.257. The molecule has 1 fully saturated rings. The summed E-state index contributed by atoms with van der Waals surface area (Å²) in [6.07, 6.45) is 0.381. The molecule has 1 atom stereocenters. The topological polar surface area (TPSA) is 116 Å². The van der Waals surface area contributed by atoms with E-state index in [-0.39, 0.29) is 53.5 Å². The molecule has 4 heterocycles. The van der Waals surface area contributed by atoms with Gasteiger partial charge in [-0.3, -0.25) is 4.90 Å². The van der Waals surface area contributed by atoms with Crippen LogP contribution in [0, 0.1) is 11.6 Å². The summed E-state index contributed by atoms with van der Waals surface area (Å²) in [5, 5.41) is 9.49. The average molecular weight is 641 g/mol. The Morgan fingerprint density at radius 1 is 1.00 bits per heavy atom. The monoisotopic (exact) mass is 640 g/mol. The van der Waals surface area contributed by atoms with Gasteiger partial charge in [0.2, 0.25) is 5.88 Å². The van der Waals surface area contributed by atoms with Crippen LogP contribution in [-0.2, 0) is 42.1 Å². The Labute approximate surface area is 268 Å². The van der Waals surface area contributed by atoms with Gasteiger partial charge in [0.25, 0.3) is 0 Å². The van der Waals surface area contributed by atoms with Crippen molar-refractivity contribution in [2.75, 3.05) is 13.7 Å². The molecule has 0 unspecified atom stereocenters. The molecule has 7 rings (SSSR count). The summed E-state index contributed by atoms with van der Waals surface area (Å²) < 4.78 is 49.3. The van der Waals surface area contributed by atoms with Gasteiger partial charge in [-0.15, -0.1) is 0 Å². The highest BCUT2D eigenvalue weighted by atomic mass is 19.1. The minimum Gasteiger partial charge on any atom is -0.478 e. The molecule has 10 nitrogen and oxygen atoms in total. The highest BCUT2D eigenvalue weighted by Gasteiger charge is 2.25. The average Bonchev–Trinajstić information content (AvgIpc) is 3.63. The van der Waals surface area contributed by atoms with E-state index in [1.165, 1.54) is 19.2 Å². The molecule has 1 amide bonds. The molecule has 5 aromatic rings. The van der Waals surface area contributed by atoms with Gasteiger partial charge in [0.1, 0.15) is 24.1 Å². The van der Waals surface area contributed by atoms with E-state index in [2.05, 4.69) is 9.97 Å². The molecule has 1 N–H and O–H groups in total. The molecule has 0 saturated carbocycles. The Hall–Kier alpha value is -5.36. The summed E-state index contributed by atoms with van der Waals surface area (Å²) in [5.74, 6) is -1.63. The number of aromatic carboxylic acids is 1. The number of carboxylic acids is 1. The van der Waals surface area contributed by atoms with E-state index in [1.807, 2.05) is 22.8 Å². The highest BCUT2D eigenvalue weighted by Crippen LogP contribution is 2.30. The molecule has 240 valence electrons. The number of hydrogen-bond donors (Lipinski definition) is 1. The van der Waals surface area contributed by atoms with E-state index in [0.717, 1.165) is 35.2 Å². The lowest BCUT2D eigenvalue weighted by atomic mass is 10.0. The number of hydrogen-bond acceptors (Lipinski definition) is 7. The number of carbonyl (C=O) groups is 2. The Morgan fingerprint density at radius 2 is 1.83 bits per heavy atom. The number of carbonyl (C=O) groups excluding carboxylic acids is 1. The van der Waals surface area contributed by atoms with Crippen molar-refractivity contribution in [2.24, 2.45) is 0 Å². The van der Waals surface area contributed by atoms with Crippen LogP contribution in [0.15, 0.2) is 66.7 Å². The van der Waals surface area contributed by atoms with Crippen LogP contribution in [0.1, 0.15) is 44.9 Å². The Balaban J connectivity index is 1.09. The largest absolute Gasteiger partial charge is 0.478 e. The number of amides is 1. The molecule has 0 spiro atoms. The van der Waals surface area contributed by atoms with Gasteiger partial charge in [0.15, 0.2) is 0 Å².